The van der Waals surface area contributed by atoms with E-state index >= 15 is 0 Å². The van der Waals surface area contributed by atoms with Gasteiger partial charge in [-0.25, -0.2) is 0 Å². The van der Waals surface area contributed by atoms with Crippen molar-refractivity contribution in [2.45, 2.75) is 13.8 Å². The summed E-state index contributed by atoms with van der Waals surface area (Å²) in [5.74, 6) is 0.233. The average Bonchev–Trinajstić information content (AvgIpc) is 2.27. The van der Waals surface area contributed by atoms with E-state index in [1.165, 1.54) is 0 Å². The maximum atomic E-state index is 10.0. The minimum Gasteiger partial charge on any atom is -0.423 e. The fraction of sp³-hybridized carbons (Fsp3) is 0.300. The molecular formula is C10H14NO3PS. The zero-order valence-corrected chi connectivity index (χ0v) is 10.9. The molecule has 0 fully saturated rings. The monoisotopic (exact) mass is 259 g/mol. The van der Waals surface area contributed by atoms with Crippen LogP contribution in [0.2, 0.25) is 0 Å². The Hall–Kier alpha value is -0.900. The van der Waals surface area contributed by atoms with Crippen molar-refractivity contribution in [3.05, 3.63) is 30.3 Å². The van der Waals surface area contributed by atoms with Crippen LogP contribution in [0.1, 0.15) is 13.8 Å². The molecule has 0 heterocycles. The summed E-state index contributed by atoms with van der Waals surface area (Å²) < 4.78 is 5.23. The quantitative estimate of drug-likeness (QED) is 0.389. The summed E-state index contributed by atoms with van der Waals surface area (Å²) in [7, 11) is 0. The van der Waals surface area contributed by atoms with Crippen LogP contribution in [0, 0.1) is 0 Å². The highest BCUT2D eigenvalue weighted by Crippen LogP contribution is 2.41. The lowest BCUT2D eigenvalue weighted by Gasteiger charge is -2.16. The number of hydrogen-bond donors (Lipinski definition) is 1. The SMILES string of the molecule is CCON=C(C)OP(O)(=S)c1ccccc1. The lowest BCUT2D eigenvalue weighted by molar-refractivity contribution is 0.152. The molecule has 1 rings (SSSR count). The van der Waals surface area contributed by atoms with E-state index in [0.717, 1.165) is 0 Å². The topological polar surface area (TPSA) is 51.0 Å². The van der Waals surface area contributed by atoms with Crippen molar-refractivity contribution in [1.82, 2.24) is 0 Å². The Bertz CT molecular complexity index is 408. The van der Waals surface area contributed by atoms with Gasteiger partial charge in [-0.2, -0.15) is 0 Å². The van der Waals surface area contributed by atoms with Crippen molar-refractivity contribution in [3.8, 4) is 0 Å². The van der Waals surface area contributed by atoms with Gasteiger partial charge in [0.1, 0.15) is 6.61 Å². The molecule has 1 unspecified atom stereocenters. The first-order valence-corrected chi connectivity index (χ1v) is 7.48. The molecule has 0 saturated heterocycles. The van der Waals surface area contributed by atoms with E-state index in [-0.39, 0.29) is 5.90 Å². The van der Waals surface area contributed by atoms with Gasteiger partial charge in [0.25, 0.3) is 6.49 Å². The predicted molar refractivity (Wildman–Crippen MR) is 68.4 cm³/mol. The van der Waals surface area contributed by atoms with Crippen molar-refractivity contribution >= 4 is 29.5 Å². The van der Waals surface area contributed by atoms with Crippen LogP contribution in [-0.2, 0) is 21.2 Å². The fourth-order valence-corrected chi connectivity index (χ4v) is 2.75. The summed E-state index contributed by atoms with van der Waals surface area (Å²) in [5, 5.41) is 4.24. The second-order valence-electron chi connectivity index (χ2n) is 2.98. The van der Waals surface area contributed by atoms with Gasteiger partial charge < -0.3 is 14.3 Å². The number of nitrogens with zero attached hydrogens (tertiary/aromatic N) is 1. The Kier molecular flexibility index (Phi) is 4.93. The summed E-state index contributed by atoms with van der Waals surface area (Å²) in [6.07, 6.45) is 0. The first-order valence-electron chi connectivity index (χ1n) is 4.81. The van der Waals surface area contributed by atoms with Crippen molar-refractivity contribution < 1.29 is 14.3 Å². The smallest absolute Gasteiger partial charge is 0.267 e. The summed E-state index contributed by atoms with van der Waals surface area (Å²) in [6.45, 7) is 0.828. The standard InChI is InChI=1S/C10H14NO3PS/c1-3-13-11-9(2)14-15(12,16)10-7-5-4-6-8-10/h4-8H,3H2,1-2H3,(H,12,16). The average molecular weight is 259 g/mol. The third kappa shape index (κ3) is 3.93. The summed E-state index contributed by atoms with van der Waals surface area (Å²) in [5.41, 5.74) is 0. The van der Waals surface area contributed by atoms with Crippen LogP contribution in [0.4, 0.5) is 0 Å². The molecule has 0 aliphatic rings. The van der Waals surface area contributed by atoms with Crippen LogP contribution in [-0.4, -0.2) is 17.4 Å². The van der Waals surface area contributed by atoms with Gasteiger partial charge in [0.2, 0.25) is 5.90 Å². The molecule has 88 valence electrons. The van der Waals surface area contributed by atoms with Gasteiger partial charge >= 0.3 is 0 Å². The highest BCUT2D eigenvalue weighted by atomic mass is 32.5. The van der Waals surface area contributed by atoms with Crippen LogP contribution in [0.15, 0.2) is 35.5 Å². The predicted octanol–water partition coefficient (Wildman–Crippen LogP) is 2.00. The van der Waals surface area contributed by atoms with E-state index in [1.807, 2.05) is 13.0 Å². The van der Waals surface area contributed by atoms with Gasteiger partial charge in [-0.3, -0.25) is 0 Å². The molecule has 16 heavy (non-hydrogen) atoms. The van der Waals surface area contributed by atoms with Gasteiger partial charge in [0.05, 0.1) is 0 Å². The van der Waals surface area contributed by atoms with Crippen LogP contribution >= 0.6 is 6.49 Å². The van der Waals surface area contributed by atoms with Crippen LogP contribution in [0.3, 0.4) is 0 Å². The van der Waals surface area contributed by atoms with Crippen LogP contribution in [0.5, 0.6) is 0 Å². The Morgan fingerprint density at radius 3 is 2.62 bits per heavy atom. The molecule has 4 nitrogen and oxygen atoms in total. The van der Waals surface area contributed by atoms with E-state index in [9.17, 15) is 4.89 Å². The zero-order chi connectivity index (χ0) is 12.0. The fourth-order valence-electron chi connectivity index (χ4n) is 1.02. The molecule has 0 aliphatic heterocycles. The Balaban J connectivity index is 2.77. The molecule has 0 saturated carbocycles. The number of oxime groups is 1. The van der Waals surface area contributed by atoms with E-state index < -0.39 is 6.49 Å². The maximum Gasteiger partial charge on any atom is 0.267 e. The lowest BCUT2D eigenvalue weighted by atomic mass is 10.4. The van der Waals surface area contributed by atoms with Gasteiger partial charge in [-0.15, -0.1) is 0 Å². The molecular weight excluding hydrogens is 245 g/mol. The number of rotatable bonds is 4. The molecule has 6 heteroatoms. The van der Waals surface area contributed by atoms with Gasteiger partial charge in [0.15, 0.2) is 0 Å². The summed E-state index contributed by atoms with van der Waals surface area (Å²) in [6, 6.07) is 8.90. The third-order valence-electron chi connectivity index (χ3n) is 1.66. The minimum absolute atomic E-state index is 0.233. The van der Waals surface area contributed by atoms with Crippen molar-refractivity contribution in [2.24, 2.45) is 5.16 Å². The summed E-state index contributed by atoms with van der Waals surface area (Å²) in [4.78, 5) is 14.8. The number of hydrogen-bond acceptors (Lipinski definition) is 4. The first kappa shape index (κ1) is 13.2. The van der Waals surface area contributed by atoms with E-state index in [1.54, 1.807) is 31.2 Å². The Morgan fingerprint density at radius 2 is 2.06 bits per heavy atom. The van der Waals surface area contributed by atoms with E-state index in [4.69, 9.17) is 21.2 Å². The molecule has 0 aliphatic carbocycles. The van der Waals surface area contributed by atoms with Crippen molar-refractivity contribution in [1.29, 1.82) is 0 Å². The summed E-state index contributed by atoms with van der Waals surface area (Å²) >= 11 is 5.04. The van der Waals surface area contributed by atoms with Crippen molar-refractivity contribution in [3.63, 3.8) is 0 Å². The lowest BCUT2D eigenvalue weighted by Crippen LogP contribution is -2.09. The van der Waals surface area contributed by atoms with Crippen molar-refractivity contribution in [2.75, 3.05) is 6.61 Å². The van der Waals surface area contributed by atoms with Gasteiger partial charge in [-0.1, -0.05) is 23.4 Å². The second kappa shape index (κ2) is 5.99. The first-order chi connectivity index (χ1) is 7.56. The zero-order valence-electron chi connectivity index (χ0n) is 9.16. The number of benzene rings is 1. The van der Waals surface area contributed by atoms with Gasteiger partial charge in [-0.05, 0) is 30.9 Å². The molecule has 1 aromatic carbocycles. The second-order valence-corrected chi connectivity index (χ2v) is 6.20. The highest BCUT2D eigenvalue weighted by molar-refractivity contribution is 8.13. The molecule has 0 radical (unpaired) electrons. The van der Waals surface area contributed by atoms with E-state index in [0.29, 0.717) is 11.9 Å². The molecule has 0 amide bonds. The van der Waals surface area contributed by atoms with Crippen LogP contribution in [0.25, 0.3) is 0 Å². The Labute approximate surface area is 100 Å². The molecule has 0 spiro atoms. The normalized spacial score (nSPS) is 15.3. The maximum absolute atomic E-state index is 10.0. The Morgan fingerprint density at radius 1 is 1.44 bits per heavy atom. The van der Waals surface area contributed by atoms with Gasteiger partial charge in [0, 0.05) is 12.2 Å². The molecule has 1 atom stereocenters. The highest BCUT2D eigenvalue weighted by Gasteiger charge is 2.18. The molecule has 0 aromatic heterocycles. The van der Waals surface area contributed by atoms with Crippen LogP contribution < -0.4 is 5.30 Å². The molecule has 1 N–H and O–H groups in total. The largest absolute Gasteiger partial charge is 0.423 e. The van der Waals surface area contributed by atoms with E-state index in [2.05, 4.69) is 5.16 Å². The minimum atomic E-state index is -3.02. The molecule has 0 bridgehead atoms. The third-order valence-corrected chi connectivity index (χ3v) is 3.98. The molecule has 1 aromatic rings.